The van der Waals surface area contributed by atoms with Gasteiger partial charge in [-0.05, 0) is 25.3 Å². The van der Waals surface area contributed by atoms with Crippen molar-refractivity contribution in [1.82, 2.24) is 0 Å². The maximum Gasteiger partial charge on any atom is 0.331 e. The summed E-state index contributed by atoms with van der Waals surface area (Å²) in [4.78, 5) is 27.4. The highest BCUT2D eigenvalue weighted by molar-refractivity contribution is 5.93. The van der Waals surface area contributed by atoms with Crippen LogP contribution in [0.4, 0.5) is 0 Å². The third kappa shape index (κ3) is 4.10. The lowest BCUT2D eigenvalue weighted by molar-refractivity contribution is -0.443. The molecule has 3 saturated carbocycles. The number of hydrogen-bond donors (Lipinski definition) is 3. The summed E-state index contributed by atoms with van der Waals surface area (Å²) < 4.78 is 33.4. The molecule has 0 radical (unpaired) electrons. The minimum atomic E-state index is -2.33. The average Bonchev–Trinajstić information content (AvgIpc) is 3.68. The summed E-state index contributed by atoms with van der Waals surface area (Å²) in [6.45, 7) is 11.1. The smallest absolute Gasteiger partial charge is 0.331 e. The molecular weight excluding hydrogens is 604 g/mol. The molecule has 6 aliphatic rings. The zero-order chi connectivity index (χ0) is 33.6. The molecule has 0 spiro atoms. The molecule has 3 N–H and O–H groups in total. The number of Topliss-reactive ketones (excluding diaryl/α,β-unsaturated/α-hetero) is 1. The summed E-state index contributed by atoms with van der Waals surface area (Å²) >= 11 is 0. The van der Waals surface area contributed by atoms with Gasteiger partial charge in [-0.3, -0.25) is 4.79 Å². The van der Waals surface area contributed by atoms with Gasteiger partial charge >= 0.3 is 11.9 Å². The first-order valence-electron chi connectivity index (χ1n) is 16.6. The zero-order valence-electron chi connectivity index (χ0n) is 27.2. The third-order valence-electron chi connectivity index (χ3n) is 11.7. The standard InChI is InChI=1S/C37H44O10/c1-6-7-8-9-10-11-15-18-26(39)43-29-23(5)36-25-19-22(4)28(40)34(25,42)32(41)33(20-38)30(44-33)27(36)31-35(29,21(2)3)46-37(45-31,47-36)24-16-13-12-14-17-24/h8-18,22-23,25,27,29-32,38,41-42H,2,6-7,19-20H2,1,3-5H3/b9-8?,11-10?,18-15+/t22-,23-,25-,27+,29-,30+,31-,32-,33+,34-,35+,36+,37-/m1/s1. The van der Waals surface area contributed by atoms with Crippen molar-refractivity contribution in [2.24, 2.45) is 23.7 Å². The molecule has 10 heteroatoms. The summed E-state index contributed by atoms with van der Waals surface area (Å²) in [5.41, 5.74) is -5.87. The van der Waals surface area contributed by atoms with E-state index in [2.05, 4.69) is 13.5 Å². The Hall–Kier alpha value is -2.96. The Morgan fingerprint density at radius 2 is 1.81 bits per heavy atom. The number of hydrogen-bond acceptors (Lipinski definition) is 10. The molecule has 3 aliphatic carbocycles. The number of aliphatic hydroxyl groups is 3. The number of epoxide rings is 1. The van der Waals surface area contributed by atoms with E-state index in [4.69, 9.17) is 23.7 Å². The fourth-order valence-electron chi connectivity index (χ4n) is 9.53. The molecule has 1 aromatic rings. The molecule has 3 heterocycles. The van der Waals surface area contributed by atoms with E-state index in [0.29, 0.717) is 11.1 Å². The van der Waals surface area contributed by atoms with Crippen LogP contribution in [0.2, 0.25) is 0 Å². The molecule has 7 rings (SSSR count). The Morgan fingerprint density at radius 1 is 1.09 bits per heavy atom. The number of carbonyl (C=O) groups excluding carboxylic acids is 2. The lowest BCUT2D eigenvalue weighted by Gasteiger charge is -2.61. The van der Waals surface area contributed by atoms with Crippen LogP contribution >= 0.6 is 0 Å². The number of ether oxygens (including phenoxy) is 5. The molecule has 3 saturated heterocycles. The number of aliphatic hydroxyl groups excluding tert-OH is 2. The highest BCUT2D eigenvalue weighted by Crippen LogP contribution is 2.74. The fourth-order valence-corrected chi connectivity index (χ4v) is 9.53. The van der Waals surface area contributed by atoms with E-state index >= 15 is 0 Å². The maximum absolute atomic E-state index is 13.9. The van der Waals surface area contributed by atoms with Gasteiger partial charge in [0.15, 0.2) is 17.0 Å². The average molecular weight is 649 g/mol. The molecule has 13 atom stereocenters. The minimum absolute atomic E-state index is 0.177. The van der Waals surface area contributed by atoms with Crippen molar-refractivity contribution in [3.8, 4) is 0 Å². The zero-order valence-corrected chi connectivity index (χ0v) is 27.2. The van der Waals surface area contributed by atoms with Crippen LogP contribution in [0.1, 0.15) is 52.5 Å². The van der Waals surface area contributed by atoms with Gasteiger partial charge in [-0.2, -0.15) is 0 Å². The van der Waals surface area contributed by atoms with Crippen LogP contribution in [-0.4, -0.2) is 80.5 Å². The van der Waals surface area contributed by atoms with E-state index in [9.17, 15) is 24.9 Å². The number of carbonyl (C=O) groups is 2. The number of rotatable bonds is 9. The molecule has 3 bridgehead atoms. The van der Waals surface area contributed by atoms with Gasteiger partial charge in [0.05, 0.1) is 12.2 Å². The van der Waals surface area contributed by atoms with Crippen molar-refractivity contribution < 1.29 is 48.6 Å². The van der Waals surface area contributed by atoms with Gasteiger partial charge in [-0.1, -0.05) is 94.5 Å². The number of benzene rings is 1. The molecule has 3 aliphatic heterocycles. The quantitative estimate of drug-likeness (QED) is 0.120. The predicted octanol–water partition coefficient (Wildman–Crippen LogP) is 3.40. The molecule has 47 heavy (non-hydrogen) atoms. The van der Waals surface area contributed by atoms with Crippen LogP contribution in [0.3, 0.4) is 0 Å². The second kappa shape index (κ2) is 11.0. The first-order valence-corrected chi connectivity index (χ1v) is 16.6. The van der Waals surface area contributed by atoms with Crippen molar-refractivity contribution in [1.29, 1.82) is 0 Å². The van der Waals surface area contributed by atoms with Gasteiger partial charge < -0.3 is 39.0 Å². The lowest BCUT2D eigenvalue weighted by atomic mass is 9.52. The van der Waals surface area contributed by atoms with Crippen LogP contribution in [0.25, 0.3) is 0 Å². The largest absolute Gasteiger partial charge is 0.455 e. The van der Waals surface area contributed by atoms with E-state index in [1.165, 1.54) is 6.08 Å². The lowest BCUT2D eigenvalue weighted by Crippen LogP contribution is -2.76. The van der Waals surface area contributed by atoms with Crippen molar-refractivity contribution in [3.05, 3.63) is 84.5 Å². The van der Waals surface area contributed by atoms with Gasteiger partial charge in [-0.25, -0.2) is 4.79 Å². The summed E-state index contributed by atoms with van der Waals surface area (Å²) in [5, 5.41) is 35.0. The van der Waals surface area contributed by atoms with Crippen molar-refractivity contribution >= 4 is 11.8 Å². The first kappa shape index (κ1) is 32.6. The second-order valence-corrected chi connectivity index (χ2v) is 14.2. The van der Waals surface area contributed by atoms with Crippen molar-refractivity contribution in [2.75, 3.05) is 6.61 Å². The fraction of sp³-hybridized carbons (Fsp3) is 0.568. The maximum atomic E-state index is 13.9. The molecule has 0 aromatic heterocycles. The van der Waals surface area contributed by atoms with Gasteiger partial charge in [0.25, 0.3) is 0 Å². The Balaban J connectivity index is 1.39. The minimum Gasteiger partial charge on any atom is -0.455 e. The summed E-state index contributed by atoms with van der Waals surface area (Å²) in [6, 6.07) is 9.08. The van der Waals surface area contributed by atoms with Gasteiger partial charge in [0.1, 0.15) is 30.0 Å². The van der Waals surface area contributed by atoms with Crippen molar-refractivity contribution in [2.45, 2.75) is 99.8 Å². The van der Waals surface area contributed by atoms with E-state index in [1.807, 2.05) is 43.4 Å². The number of unbranched alkanes of at least 4 members (excludes halogenated alkanes) is 1. The highest BCUT2D eigenvalue weighted by atomic mass is 16.9. The normalized spacial score (nSPS) is 47.7. The molecule has 6 fully saturated rings. The van der Waals surface area contributed by atoms with Gasteiger partial charge in [-0.15, -0.1) is 0 Å². The van der Waals surface area contributed by atoms with Gasteiger partial charge in [0.2, 0.25) is 0 Å². The van der Waals surface area contributed by atoms with Crippen LogP contribution in [0.5, 0.6) is 0 Å². The SMILES string of the molecule is C=C(C)[C@@]12O[C@@]3(c4ccccc4)O[C@@H]1[C@@H]1[C@@H]4O[C@]4(CO)[C@@H](O)[C@]4(O)C(=O)[C@H](C)C[C@H]4[C@@]1(O3)[C@H](C)[C@H]2OC(=O)/C=C/C=CC=CCCC. The van der Waals surface area contributed by atoms with Crippen LogP contribution in [0.15, 0.2) is 78.9 Å². The number of fused-ring (bicyclic) bond motifs is 3. The Kier molecular flexibility index (Phi) is 7.65. The Bertz CT molecular complexity index is 1550. The highest BCUT2D eigenvalue weighted by Gasteiger charge is 2.91. The van der Waals surface area contributed by atoms with Gasteiger partial charge in [0, 0.05) is 35.3 Å². The third-order valence-corrected chi connectivity index (χ3v) is 11.7. The van der Waals surface area contributed by atoms with Crippen LogP contribution in [-0.2, 0) is 39.2 Å². The monoisotopic (exact) mass is 648 g/mol. The molecule has 1 aromatic carbocycles. The molecule has 252 valence electrons. The number of esters is 1. The molecule has 0 amide bonds. The summed E-state index contributed by atoms with van der Waals surface area (Å²) in [6.07, 6.45) is 8.04. The molecule has 10 nitrogen and oxygen atoms in total. The second-order valence-electron chi connectivity index (χ2n) is 14.2. The van der Waals surface area contributed by atoms with E-state index < -0.39 is 94.8 Å². The van der Waals surface area contributed by atoms with E-state index in [1.54, 1.807) is 38.1 Å². The number of ketones is 1. The first-order chi connectivity index (χ1) is 22.4. The summed E-state index contributed by atoms with van der Waals surface area (Å²) in [5.74, 6) is -6.13. The molecular formula is C37H44O10. The topological polar surface area (TPSA) is 144 Å². The van der Waals surface area contributed by atoms with E-state index in [0.717, 1.165) is 12.8 Å². The molecule has 0 unspecified atom stereocenters. The Morgan fingerprint density at radius 3 is 2.49 bits per heavy atom. The van der Waals surface area contributed by atoms with Crippen LogP contribution in [0, 0.1) is 23.7 Å². The van der Waals surface area contributed by atoms with Crippen LogP contribution < -0.4 is 0 Å². The predicted molar refractivity (Wildman–Crippen MR) is 168 cm³/mol. The number of allylic oxidation sites excluding steroid dienone is 5. The summed E-state index contributed by atoms with van der Waals surface area (Å²) in [7, 11) is 0. The Labute approximate surface area is 274 Å². The van der Waals surface area contributed by atoms with E-state index in [-0.39, 0.29) is 6.42 Å². The van der Waals surface area contributed by atoms with Crippen molar-refractivity contribution in [3.63, 3.8) is 0 Å².